The molecule has 0 unspecified atom stereocenters. The lowest BCUT2D eigenvalue weighted by Crippen LogP contribution is -2.28. The minimum absolute atomic E-state index is 0.359. The summed E-state index contributed by atoms with van der Waals surface area (Å²) in [6.45, 7) is 2.43. The van der Waals surface area contributed by atoms with E-state index < -0.39 is 0 Å². The van der Waals surface area contributed by atoms with Crippen molar-refractivity contribution in [1.82, 2.24) is 15.5 Å². The van der Waals surface area contributed by atoms with Gasteiger partial charge in [-0.15, -0.1) is 0 Å². The molecule has 0 amide bonds. The summed E-state index contributed by atoms with van der Waals surface area (Å²) in [7, 11) is 0. The summed E-state index contributed by atoms with van der Waals surface area (Å²) >= 11 is 5.23. The molecule has 0 aliphatic rings. The lowest BCUT2D eigenvalue weighted by molar-refractivity contribution is 0.560. The van der Waals surface area contributed by atoms with Gasteiger partial charge in [0.15, 0.2) is 5.11 Å². The van der Waals surface area contributed by atoms with Gasteiger partial charge in [0.05, 0.1) is 12.2 Å². The van der Waals surface area contributed by atoms with Crippen molar-refractivity contribution in [3.63, 3.8) is 0 Å². The van der Waals surface area contributed by atoms with Gasteiger partial charge < -0.3 is 15.1 Å². The predicted molar refractivity (Wildman–Crippen MR) is 88.9 cm³/mol. The number of H-pyrrole nitrogens is 1. The molecule has 0 spiro atoms. The van der Waals surface area contributed by atoms with Crippen molar-refractivity contribution in [2.45, 2.75) is 13.5 Å². The maximum atomic E-state index is 11.4. The number of aromatic nitrogens is 2. The third-order valence-corrected chi connectivity index (χ3v) is 3.45. The number of benzene rings is 1. The van der Waals surface area contributed by atoms with Gasteiger partial charge in [-0.2, -0.15) is 5.10 Å². The lowest BCUT2D eigenvalue weighted by atomic mass is 10.1. The van der Waals surface area contributed by atoms with Gasteiger partial charge in [0.1, 0.15) is 5.58 Å². The first-order chi connectivity index (χ1) is 10.6. The molecule has 0 saturated heterocycles. The zero-order valence-electron chi connectivity index (χ0n) is 11.8. The number of fused-ring (bicyclic) bond motifs is 1. The second kappa shape index (κ2) is 5.98. The van der Waals surface area contributed by atoms with Gasteiger partial charge in [-0.05, 0) is 42.9 Å². The van der Waals surface area contributed by atoms with Crippen LogP contribution in [-0.2, 0) is 6.54 Å². The van der Waals surface area contributed by atoms with Crippen LogP contribution in [0.3, 0.4) is 0 Å². The van der Waals surface area contributed by atoms with Gasteiger partial charge in [0.25, 0.3) is 0 Å². The Morgan fingerprint density at radius 2 is 2.23 bits per heavy atom. The van der Waals surface area contributed by atoms with Crippen molar-refractivity contribution in [2.24, 2.45) is 0 Å². The topological polar surface area (TPSA) is 82.9 Å². The molecule has 22 heavy (non-hydrogen) atoms. The number of nitrogens with one attached hydrogen (secondary N) is 3. The fraction of sp³-hybridized carbons (Fsp3) is 0.133. The molecular formula is C15H14N4O2S. The van der Waals surface area contributed by atoms with E-state index in [1.165, 1.54) is 6.07 Å². The first kappa shape index (κ1) is 14.3. The molecule has 0 aliphatic heterocycles. The van der Waals surface area contributed by atoms with E-state index in [1.54, 1.807) is 12.3 Å². The molecule has 0 atom stereocenters. The number of hydrogen-bond donors (Lipinski definition) is 3. The normalized spacial score (nSPS) is 10.6. The molecule has 3 N–H and O–H groups in total. The molecule has 2 aromatic heterocycles. The lowest BCUT2D eigenvalue weighted by Gasteiger charge is -2.10. The van der Waals surface area contributed by atoms with E-state index in [1.807, 2.05) is 25.1 Å². The standard InChI is InChI=1S/C15H14N4O2S/c1-9-6-14(20)21-13-7-10(2-3-12(9)13)18-15(22)16-8-11-4-5-17-19-11/h2-7H,8H2,1H3,(H,17,19)(H2,16,18,22). The Bertz CT molecular complexity index is 871. The highest BCUT2D eigenvalue weighted by Gasteiger charge is 2.05. The van der Waals surface area contributed by atoms with Gasteiger partial charge in [-0.1, -0.05) is 0 Å². The predicted octanol–water partition coefficient (Wildman–Crippen LogP) is 2.31. The van der Waals surface area contributed by atoms with Crippen molar-refractivity contribution in [3.8, 4) is 0 Å². The monoisotopic (exact) mass is 314 g/mol. The Morgan fingerprint density at radius 1 is 1.36 bits per heavy atom. The Balaban J connectivity index is 1.73. The van der Waals surface area contributed by atoms with Crippen LogP contribution in [0.25, 0.3) is 11.0 Å². The fourth-order valence-electron chi connectivity index (χ4n) is 2.14. The van der Waals surface area contributed by atoms with E-state index in [2.05, 4.69) is 20.8 Å². The van der Waals surface area contributed by atoms with Crippen LogP contribution in [-0.4, -0.2) is 15.3 Å². The van der Waals surface area contributed by atoms with Crippen LogP contribution < -0.4 is 16.3 Å². The molecule has 0 saturated carbocycles. The van der Waals surface area contributed by atoms with Crippen LogP contribution >= 0.6 is 12.2 Å². The molecule has 6 nitrogen and oxygen atoms in total. The minimum atomic E-state index is -0.359. The fourth-order valence-corrected chi connectivity index (χ4v) is 2.33. The SMILES string of the molecule is Cc1cc(=O)oc2cc(NC(=S)NCc3ccn[nH]3)ccc12. The Labute approximate surface area is 131 Å². The van der Waals surface area contributed by atoms with Gasteiger partial charge in [0.2, 0.25) is 0 Å². The molecule has 112 valence electrons. The molecule has 1 aromatic carbocycles. The average Bonchev–Trinajstić information content (AvgIpc) is 2.98. The summed E-state index contributed by atoms with van der Waals surface area (Å²) in [5.74, 6) is 0. The average molecular weight is 314 g/mol. The summed E-state index contributed by atoms with van der Waals surface area (Å²) in [5, 5.41) is 14.2. The number of aromatic amines is 1. The second-order valence-electron chi connectivity index (χ2n) is 4.85. The smallest absolute Gasteiger partial charge is 0.336 e. The van der Waals surface area contributed by atoms with Crippen molar-refractivity contribution < 1.29 is 4.42 Å². The van der Waals surface area contributed by atoms with E-state index in [0.717, 1.165) is 22.3 Å². The number of hydrogen-bond acceptors (Lipinski definition) is 4. The van der Waals surface area contributed by atoms with Crippen molar-refractivity contribution >= 4 is 34.0 Å². The summed E-state index contributed by atoms with van der Waals surface area (Å²) < 4.78 is 5.21. The van der Waals surface area contributed by atoms with Crippen LogP contribution in [0.15, 0.2) is 45.7 Å². The molecule has 0 radical (unpaired) electrons. The van der Waals surface area contributed by atoms with E-state index in [0.29, 0.717) is 17.2 Å². The van der Waals surface area contributed by atoms with E-state index in [4.69, 9.17) is 16.6 Å². The van der Waals surface area contributed by atoms with E-state index >= 15 is 0 Å². The third-order valence-electron chi connectivity index (χ3n) is 3.21. The minimum Gasteiger partial charge on any atom is -0.423 e. The summed E-state index contributed by atoms with van der Waals surface area (Å²) in [5.41, 5.74) is 2.75. The van der Waals surface area contributed by atoms with E-state index in [9.17, 15) is 4.79 Å². The molecular weight excluding hydrogens is 300 g/mol. The van der Waals surface area contributed by atoms with E-state index in [-0.39, 0.29) is 5.63 Å². The first-order valence-corrected chi connectivity index (χ1v) is 7.10. The quantitative estimate of drug-likeness (QED) is 0.508. The number of thiocarbonyl (C=S) groups is 1. The van der Waals surface area contributed by atoms with Gasteiger partial charge in [-0.25, -0.2) is 4.79 Å². The Morgan fingerprint density at radius 3 is 3.00 bits per heavy atom. The van der Waals surface area contributed by atoms with Gasteiger partial charge in [0, 0.05) is 29.4 Å². The van der Waals surface area contributed by atoms with Crippen LogP contribution in [0.5, 0.6) is 0 Å². The van der Waals surface area contributed by atoms with Crippen LogP contribution in [0, 0.1) is 6.92 Å². The molecule has 0 fully saturated rings. The maximum Gasteiger partial charge on any atom is 0.336 e. The highest BCUT2D eigenvalue weighted by molar-refractivity contribution is 7.80. The van der Waals surface area contributed by atoms with Crippen molar-refractivity contribution in [2.75, 3.05) is 5.32 Å². The van der Waals surface area contributed by atoms with Gasteiger partial charge in [-0.3, -0.25) is 5.10 Å². The second-order valence-corrected chi connectivity index (χ2v) is 5.26. The zero-order chi connectivity index (χ0) is 15.5. The summed E-state index contributed by atoms with van der Waals surface area (Å²) in [6, 6.07) is 8.88. The number of anilines is 1. The maximum absolute atomic E-state index is 11.4. The van der Waals surface area contributed by atoms with Gasteiger partial charge >= 0.3 is 5.63 Å². The number of aryl methyl sites for hydroxylation is 1. The largest absolute Gasteiger partial charge is 0.423 e. The number of rotatable bonds is 3. The zero-order valence-corrected chi connectivity index (χ0v) is 12.7. The molecule has 3 rings (SSSR count). The highest BCUT2D eigenvalue weighted by Crippen LogP contribution is 2.20. The molecule has 3 aromatic rings. The van der Waals surface area contributed by atoms with Crippen LogP contribution in [0.1, 0.15) is 11.3 Å². The van der Waals surface area contributed by atoms with Crippen molar-refractivity contribution in [1.29, 1.82) is 0 Å². The Kier molecular flexibility index (Phi) is 3.88. The first-order valence-electron chi connectivity index (χ1n) is 6.69. The van der Waals surface area contributed by atoms with Crippen molar-refractivity contribution in [3.05, 3.63) is 58.2 Å². The summed E-state index contributed by atoms with van der Waals surface area (Å²) in [6.07, 6.45) is 1.68. The molecule has 2 heterocycles. The van der Waals surface area contributed by atoms with Crippen LogP contribution in [0.2, 0.25) is 0 Å². The molecule has 0 aliphatic carbocycles. The van der Waals surface area contributed by atoms with Crippen LogP contribution in [0.4, 0.5) is 5.69 Å². The third kappa shape index (κ3) is 3.15. The molecule has 7 heteroatoms. The molecule has 0 bridgehead atoms. The summed E-state index contributed by atoms with van der Waals surface area (Å²) in [4.78, 5) is 11.4. The highest BCUT2D eigenvalue weighted by atomic mass is 32.1. The Hall–Kier alpha value is -2.67. The number of nitrogens with zero attached hydrogens (tertiary/aromatic N) is 1.